The van der Waals surface area contributed by atoms with Crippen molar-refractivity contribution < 1.29 is 28.3 Å². The number of anilines is 1. The predicted molar refractivity (Wildman–Crippen MR) is 162 cm³/mol. The summed E-state index contributed by atoms with van der Waals surface area (Å²) < 4.78 is 21.7. The Hall–Kier alpha value is -4.16. The van der Waals surface area contributed by atoms with Crippen molar-refractivity contribution in [2.75, 3.05) is 25.2 Å². The summed E-state index contributed by atoms with van der Waals surface area (Å²) in [5.74, 6) is 7.11. The lowest BCUT2D eigenvalue weighted by Crippen LogP contribution is -2.23. The van der Waals surface area contributed by atoms with Crippen molar-refractivity contribution in [3.63, 3.8) is 0 Å². The van der Waals surface area contributed by atoms with Crippen LogP contribution in [0.2, 0.25) is 15.1 Å². The zero-order valence-corrected chi connectivity index (χ0v) is 25.1. The van der Waals surface area contributed by atoms with Gasteiger partial charge in [0.1, 0.15) is 30.4 Å². The molecular weight excluding hydrogens is 615 g/mol. The monoisotopic (exact) mass is 636 g/mol. The number of hydrogen-bond acceptors (Lipinski definition) is 7. The van der Waals surface area contributed by atoms with Crippen LogP contribution in [0.3, 0.4) is 0 Å². The summed E-state index contributed by atoms with van der Waals surface area (Å²) in [6.07, 6.45) is 1.55. The van der Waals surface area contributed by atoms with E-state index < -0.39 is 12.1 Å². The van der Waals surface area contributed by atoms with Crippen molar-refractivity contribution in [2.24, 2.45) is 0 Å². The molecule has 8 nitrogen and oxygen atoms in total. The lowest BCUT2D eigenvalue weighted by molar-refractivity contribution is 0.0600. The number of halogens is 3. The zero-order chi connectivity index (χ0) is 30.1. The first-order chi connectivity index (χ1) is 20.8. The molecule has 4 aromatic rings. The molecule has 1 aliphatic carbocycles. The van der Waals surface area contributed by atoms with Gasteiger partial charge in [0.25, 0.3) is 0 Å². The number of rotatable bonds is 7. The van der Waals surface area contributed by atoms with E-state index in [1.54, 1.807) is 54.6 Å². The minimum absolute atomic E-state index is 0.176. The molecule has 1 aliphatic heterocycles. The quantitative estimate of drug-likeness (QED) is 0.150. The van der Waals surface area contributed by atoms with Crippen molar-refractivity contribution in [2.45, 2.75) is 25.4 Å². The second kappa shape index (κ2) is 12.2. The lowest BCUT2D eigenvalue weighted by Gasteiger charge is -2.14. The molecule has 1 saturated heterocycles. The van der Waals surface area contributed by atoms with E-state index in [1.165, 1.54) is 12.0 Å². The van der Waals surface area contributed by atoms with Crippen molar-refractivity contribution in [3.05, 3.63) is 97.7 Å². The van der Waals surface area contributed by atoms with Crippen LogP contribution in [0.5, 0.6) is 5.75 Å². The molecule has 0 radical (unpaired) electrons. The number of ether oxygens (including phenoxy) is 3. The molecule has 11 heteroatoms. The number of carbonyl (C=O) groups is 2. The molecule has 43 heavy (non-hydrogen) atoms. The third kappa shape index (κ3) is 6.16. The number of amides is 1. The number of methoxy groups -OCH3 is 1. The smallest absolute Gasteiger partial charge is 0.414 e. The Labute approximate surface area is 262 Å². The first-order valence-electron chi connectivity index (χ1n) is 13.4. The largest absolute Gasteiger partial charge is 0.489 e. The van der Waals surface area contributed by atoms with E-state index in [1.807, 2.05) is 0 Å². The number of nitrogens with zero attached hydrogens (tertiary/aromatic N) is 2. The topological polar surface area (TPSA) is 91.1 Å². The zero-order valence-electron chi connectivity index (χ0n) is 22.8. The molecule has 6 rings (SSSR count). The van der Waals surface area contributed by atoms with Crippen LogP contribution in [-0.2, 0) is 16.1 Å². The fourth-order valence-corrected chi connectivity index (χ4v) is 5.53. The maximum absolute atomic E-state index is 12.3. The van der Waals surface area contributed by atoms with E-state index in [9.17, 15) is 9.59 Å². The molecule has 0 atom stereocenters. The fourth-order valence-electron chi connectivity index (χ4n) is 4.73. The summed E-state index contributed by atoms with van der Waals surface area (Å²) >= 11 is 19.5. The van der Waals surface area contributed by atoms with Crippen LogP contribution in [0, 0.1) is 11.8 Å². The fraction of sp³-hybridized carbons (Fsp3) is 0.219. The molecule has 218 valence electrons. The molecule has 3 aromatic carbocycles. The summed E-state index contributed by atoms with van der Waals surface area (Å²) in [5.41, 5.74) is 3.75. The molecule has 0 N–H and O–H groups in total. The van der Waals surface area contributed by atoms with Crippen LogP contribution in [0.4, 0.5) is 10.5 Å². The van der Waals surface area contributed by atoms with Gasteiger partial charge in [0.15, 0.2) is 0 Å². The van der Waals surface area contributed by atoms with Crippen LogP contribution in [0.1, 0.15) is 51.6 Å². The Morgan fingerprint density at radius 3 is 2.51 bits per heavy atom. The van der Waals surface area contributed by atoms with E-state index in [-0.39, 0.29) is 24.7 Å². The number of cyclic esters (lactones) is 1. The maximum Gasteiger partial charge on any atom is 0.414 e. The normalized spacial score (nSPS) is 14.2. The lowest BCUT2D eigenvalue weighted by atomic mass is 10.0. The van der Waals surface area contributed by atoms with E-state index in [0.717, 1.165) is 24.2 Å². The van der Waals surface area contributed by atoms with Gasteiger partial charge < -0.3 is 18.7 Å². The Morgan fingerprint density at radius 2 is 1.84 bits per heavy atom. The average molecular weight is 638 g/mol. The minimum Gasteiger partial charge on any atom is -0.489 e. The molecular formula is C32H23Cl3N2O6. The maximum atomic E-state index is 12.3. The van der Waals surface area contributed by atoms with Gasteiger partial charge in [0, 0.05) is 34.4 Å². The summed E-state index contributed by atoms with van der Waals surface area (Å²) in [6.45, 7) is 0.809. The van der Waals surface area contributed by atoms with Gasteiger partial charge in [-0.2, -0.15) is 0 Å². The molecule has 0 unspecified atom stereocenters. The highest BCUT2D eigenvalue weighted by atomic mass is 35.5. The van der Waals surface area contributed by atoms with E-state index >= 15 is 0 Å². The van der Waals surface area contributed by atoms with Gasteiger partial charge in [-0.05, 0) is 55.3 Å². The summed E-state index contributed by atoms with van der Waals surface area (Å²) in [5, 5.41) is 5.62. The van der Waals surface area contributed by atoms with Gasteiger partial charge in [0.05, 0.1) is 39.8 Å². The molecule has 2 fully saturated rings. The minimum atomic E-state index is -0.547. The Balaban J connectivity index is 1.24. The number of benzene rings is 3. The first-order valence-corrected chi connectivity index (χ1v) is 14.5. The third-order valence-electron chi connectivity index (χ3n) is 7.04. The molecule has 1 amide bonds. The third-order valence-corrected chi connectivity index (χ3v) is 7.99. The van der Waals surface area contributed by atoms with Crippen LogP contribution < -0.4 is 9.64 Å². The first kappa shape index (κ1) is 28.9. The molecule has 2 aliphatic rings. The Morgan fingerprint density at radius 1 is 1.05 bits per heavy atom. The van der Waals surface area contributed by atoms with Crippen molar-refractivity contribution in [3.8, 4) is 28.8 Å². The van der Waals surface area contributed by atoms with Crippen molar-refractivity contribution in [1.29, 1.82) is 0 Å². The predicted octanol–water partition coefficient (Wildman–Crippen LogP) is 7.90. The Bertz CT molecular complexity index is 1780. The van der Waals surface area contributed by atoms with Crippen molar-refractivity contribution >= 4 is 52.6 Å². The molecule has 0 bridgehead atoms. The molecule has 2 heterocycles. The van der Waals surface area contributed by atoms with Gasteiger partial charge in [-0.1, -0.05) is 57.9 Å². The van der Waals surface area contributed by atoms with Crippen LogP contribution in [-0.4, -0.2) is 37.5 Å². The van der Waals surface area contributed by atoms with Crippen LogP contribution >= 0.6 is 34.8 Å². The highest BCUT2D eigenvalue weighted by molar-refractivity contribution is 6.39. The van der Waals surface area contributed by atoms with E-state index in [4.69, 9.17) is 53.5 Å². The second-order valence-corrected chi connectivity index (χ2v) is 11.2. The summed E-state index contributed by atoms with van der Waals surface area (Å²) in [6, 6.07) is 15.3. The van der Waals surface area contributed by atoms with Gasteiger partial charge in [-0.3, -0.25) is 4.90 Å². The summed E-state index contributed by atoms with van der Waals surface area (Å²) in [4.78, 5) is 25.8. The van der Waals surface area contributed by atoms with E-state index in [0.29, 0.717) is 55.4 Å². The molecule has 1 saturated carbocycles. The van der Waals surface area contributed by atoms with Gasteiger partial charge in [-0.15, -0.1) is 0 Å². The van der Waals surface area contributed by atoms with Crippen LogP contribution in [0.25, 0.3) is 11.3 Å². The Kier molecular flexibility index (Phi) is 8.22. The van der Waals surface area contributed by atoms with Gasteiger partial charge in [-0.25, -0.2) is 9.59 Å². The van der Waals surface area contributed by atoms with Gasteiger partial charge >= 0.3 is 12.1 Å². The second-order valence-electron chi connectivity index (χ2n) is 9.95. The van der Waals surface area contributed by atoms with Crippen LogP contribution in [0.15, 0.2) is 59.1 Å². The number of carbonyl (C=O) groups excluding carboxylic acids is 2. The average Bonchev–Trinajstić information content (AvgIpc) is 3.62. The molecule has 1 aromatic heterocycles. The summed E-state index contributed by atoms with van der Waals surface area (Å²) in [7, 11) is 1.29. The van der Waals surface area contributed by atoms with Crippen molar-refractivity contribution in [1.82, 2.24) is 5.16 Å². The number of aromatic nitrogens is 1. The standard InChI is InChI=1S/C32H23Cl3N2O6/c1-40-31(38)21-13-18(14-22(15-21)37-11-12-41-32(37)39)5-6-19-9-10-23(16-27(19)35)42-17-24-29(36-43-30(24)20-7-8-20)28-25(33)3-2-4-26(28)34/h2-4,9-10,13-16,20H,7-8,11-12,17H2,1H3. The van der Waals surface area contributed by atoms with Gasteiger partial charge in [0.2, 0.25) is 0 Å². The highest BCUT2D eigenvalue weighted by Crippen LogP contribution is 2.46. The van der Waals surface area contributed by atoms with E-state index in [2.05, 4.69) is 17.0 Å². The number of esters is 1. The molecule has 0 spiro atoms. The highest BCUT2D eigenvalue weighted by Gasteiger charge is 2.33. The SMILES string of the molecule is COC(=O)c1cc(C#Cc2ccc(OCc3c(-c4c(Cl)cccc4Cl)noc3C3CC3)cc2Cl)cc(N2CCOC2=O)c1. The number of hydrogen-bond donors (Lipinski definition) is 0.